The van der Waals surface area contributed by atoms with Gasteiger partial charge in [-0.05, 0) is 0 Å². The minimum absolute atomic E-state index is 4.70. The largest absolute Gasteiger partial charge is 0.417 e. The first kappa shape index (κ1) is 15.3. The highest BCUT2D eigenvalue weighted by atomic mass is 19.4. The van der Waals surface area contributed by atoms with Gasteiger partial charge in [-0.25, -0.2) is 0 Å². The smallest absolute Gasteiger partial charge is 0.367 e. The van der Waals surface area contributed by atoms with E-state index in [9.17, 15) is 39.5 Å². The molecule has 98 valence electrons. The molecule has 0 atom stereocenters. The van der Waals surface area contributed by atoms with Crippen molar-refractivity contribution in [2.24, 2.45) is 5.41 Å². The Bertz CT molecular complexity index is 210. The monoisotopic (exact) mass is 266 g/mol. The van der Waals surface area contributed by atoms with E-state index in [0.29, 0.717) is 0 Å². The topological polar surface area (TPSA) is 40.5 Å². The second-order valence-electron chi connectivity index (χ2n) is 2.67. The number of halogens is 9. The van der Waals surface area contributed by atoms with E-state index < -0.39 is 30.2 Å². The molecule has 0 heterocycles. The average molecular weight is 266 g/mol. The molecule has 0 saturated carbocycles. The Hall–Kier alpha value is -0.710. The third-order valence-electron chi connectivity index (χ3n) is 1.73. The van der Waals surface area contributed by atoms with Crippen molar-refractivity contribution in [2.45, 2.75) is 24.8 Å². The molecule has 0 rings (SSSR count). The SMILES string of the molecule is OC(O)C(C(F)(F)F)(C(F)(F)F)C(F)(F)F. The number of rotatable bonds is 1. The van der Waals surface area contributed by atoms with Gasteiger partial charge in [-0.2, -0.15) is 39.5 Å². The van der Waals surface area contributed by atoms with Crippen LogP contribution in [0.2, 0.25) is 0 Å². The fourth-order valence-electron chi connectivity index (χ4n) is 0.921. The van der Waals surface area contributed by atoms with E-state index in [0.717, 1.165) is 0 Å². The van der Waals surface area contributed by atoms with Crippen LogP contribution in [0.25, 0.3) is 0 Å². The summed E-state index contributed by atoms with van der Waals surface area (Å²) in [4.78, 5) is 0. The van der Waals surface area contributed by atoms with E-state index in [4.69, 9.17) is 10.2 Å². The van der Waals surface area contributed by atoms with Crippen molar-refractivity contribution in [2.75, 3.05) is 0 Å². The molecule has 0 amide bonds. The van der Waals surface area contributed by atoms with Crippen molar-refractivity contribution in [1.29, 1.82) is 0 Å². The summed E-state index contributed by atoms with van der Waals surface area (Å²) in [6.45, 7) is 0. The zero-order valence-electron chi connectivity index (χ0n) is 6.87. The normalized spacial score (nSPS) is 15.8. The molecule has 2 nitrogen and oxygen atoms in total. The van der Waals surface area contributed by atoms with Crippen LogP contribution in [-0.4, -0.2) is 35.0 Å². The molecule has 0 bridgehead atoms. The van der Waals surface area contributed by atoms with E-state index in [-0.39, 0.29) is 0 Å². The van der Waals surface area contributed by atoms with E-state index in [2.05, 4.69) is 0 Å². The molecule has 0 spiro atoms. The molecular formula is C5H3F9O2. The summed E-state index contributed by atoms with van der Waals surface area (Å²) in [5.74, 6) is 0. The lowest BCUT2D eigenvalue weighted by molar-refractivity contribution is -0.468. The van der Waals surface area contributed by atoms with Gasteiger partial charge < -0.3 is 10.2 Å². The van der Waals surface area contributed by atoms with Gasteiger partial charge in [0.2, 0.25) is 0 Å². The number of hydrogen-bond donors (Lipinski definition) is 2. The van der Waals surface area contributed by atoms with Gasteiger partial charge in [0.25, 0.3) is 0 Å². The van der Waals surface area contributed by atoms with Crippen LogP contribution in [0.1, 0.15) is 0 Å². The Morgan fingerprint density at radius 1 is 0.562 bits per heavy atom. The summed E-state index contributed by atoms with van der Waals surface area (Å²) in [6.07, 6.45) is -25.5. The lowest BCUT2D eigenvalue weighted by Crippen LogP contribution is -2.65. The highest BCUT2D eigenvalue weighted by molar-refractivity contribution is 5.00. The fraction of sp³-hybridized carbons (Fsp3) is 1.00. The van der Waals surface area contributed by atoms with Crippen molar-refractivity contribution in [3.8, 4) is 0 Å². The summed E-state index contributed by atoms with van der Waals surface area (Å²) >= 11 is 0. The van der Waals surface area contributed by atoms with Gasteiger partial charge >= 0.3 is 23.9 Å². The molecule has 16 heavy (non-hydrogen) atoms. The van der Waals surface area contributed by atoms with Crippen molar-refractivity contribution in [3.63, 3.8) is 0 Å². The molecule has 11 heteroatoms. The van der Waals surface area contributed by atoms with Gasteiger partial charge in [-0.1, -0.05) is 0 Å². The molecule has 0 unspecified atom stereocenters. The quantitative estimate of drug-likeness (QED) is 0.562. The van der Waals surface area contributed by atoms with Crippen LogP contribution in [0.3, 0.4) is 0 Å². The minimum Gasteiger partial charge on any atom is -0.367 e. The predicted octanol–water partition coefficient (Wildman–Crippen LogP) is 1.97. The van der Waals surface area contributed by atoms with Crippen molar-refractivity contribution >= 4 is 0 Å². The highest BCUT2D eigenvalue weighted by Gasteiger charge is 2.87. The van der Waals surface area contributed by atoms with Gasteiger partial charge in [0.1, 0.15) is 0 Å². The lowest BCUT2D eigenvalue weighted by Gasteiger charge is -2.39. The summed E-state index contributed by atoms with van der Waals surface area (Å²) in [7, 11) is 0. The van der Waals surface area contributed by atoms with Crippen molar-refractivity contribution in [1.82, 2.24) is 0 Å². The van der Waals surface area contributed by atoms with Gasteiger partial charge in [-0.15, -0.1) is 0 Å². The maximum atomic E-state index is 11.9. The summed E-state index contributed by atoms with van der Waals surface area (Å²) in [5.41, 5.74) is -6.58. The Labute approximate surface area is 81.3 Å². The number of aliphatic hydroxyl groups excluding tert-OH is 1. The Morgan fingerprint density at radius 3 is 0.750 bits per heavy atom. The van der Waals surface area contributed by atoms with Gasteiger partial charge in [0.15, 0.2) is 6.29 Å². The van der Waals surface area contributed by atoms with Crippen molar-refractivity contribution < 1.29 is 49.7 Å². The number of hydrogen-bond acceptors (Lipinski definition) is 2. The molecule has 0 aliphatic carbocycles. The van der Waals surface area contributed by atoms with Crippen LogP contribution in [0.15, 0.2) is 0 Å². The molecule has 0 saturated heterocycles. The molecular weight excluding hydrogens is 263 g/mol. The standard InChI is InChI=1S/C5H3F9O2/c6-3(7,8)2(1(15)16,4(9,10)11)5(12,13)14/h1,15-16H. The molecule has 0 aromatic carbocycles. The van der Waals surface area contributed by atoms with Crippen LogP contribution in [0.4, 0.5) is 39.5 Å². The first-order valence-electron chi connectivity index (χ1n) is 3.26. The first-order chi connectivity index (χ1) is 6.69. The lowest BCUT2D eigenvalue weighted by atomic mass is 9.84. The van der Waals surface area contributed by atoms with E-state index in [1.165, 1.54) is 0 Å². The first-order valence-corrected chi connectivity index (χ1v) is 3.26. The molecule has 0 aliphatic rings. The average Bonchev–Trinajstić information content (AvgIpc) is 1.71. The molecule has 2 N–H and O–H groups in total. The third-order valence-corrected chi connectivity index (χ3v) is 1.73. The second-order valence-corrected chi connectivity index (χ2v) is 2.67. The highest BCUT2D eigenvalue weighted by Crippen LogP contribution is 2.60. The van der Waals surface area contributed by atoms with Crippen LogP contribution in [-0.2, 0) is 0 Å². The van der Waals surface area contributed by atoms with E-state index >= 15 is 0 Å². The molecule has 0 aromatic rings. The summed E-state index contributed by atoms with van der Waals surface area (Å²) in [6, 6.07) is 0. The van der Waals surface area contributed by atoms with Crippen LogP contribution < -0.4 is 0 Å². The zero-order valence-corrected chi connectivity index (χ0v) is 6.87. The summed E-state index contributed by atoms with van der Waals surface area (Å²) in [5, 5.41) is 15.7. The van der Waals surface area contributed by atoms with Crippen LogP contribution in [0, 0.1) is 5.41 Å². The molecule has 0 radical (unpaired) electrons. The number of aliphatic hydroxyl groups is 2. The molecule has 0 fully saturated rings. The molecule has 0 aliphatic heterocycles. The molecule has 0 aromatic heterocycles. The Balaban J connectivity index is 6.05. The Morgan fingerprint density at radius 2 is 0.750 bits per heavy atom. The maximum absolute atomic E-state index is 11.9. The van der Waals surface area contributed by atoms with Gasteiger partial charge in [0.05, 0.1) is 0 Å². The van der Waals surface area contributed by atoms with E-state index in [1.54, 1.807) is 0 Å². The predicted molar refractivity (Wildman–Crippen MR) is 28.8 cm³/mol. The zero-order chi connectivity index (χ0) is 13.6. The summed E-state index contributed by atoms with van der Waals surface area (Å²) < 4.78 is 107. The second kappa shape index (κ2) is 3.65. The Kier molecular flexibility index (Phi) is 3.49. The number of alkyl halides is 9. The van der Waals surface area contributed by atoms with Crippen molar-refractivity contribution in [3.05, 3.63) is 0 Å². The maximum Gasteiger partial charge on any atom is 0.417 e. The van der Waals surface area contributed by atoms with E-state index in [1.807, 2.05) is 0 Å². The third kappa shape index (κ3) is 1.93. The van der Waals surface area contributed by atoms with Gasteiger partial charge in [-0.3, -0.25) is 0 Å². The van der Waals surface area contributed by atoms with Gasteiger partial charge in [0, 0.05) is 0 Å². The van der Waals surface area contributed by atoms with Crippen LogP contribution >= 0.6 is 0 Å². The fourth-order valence-corrected chi connectivity index (χ4v) is 0.921. The minimum atomic E-state index is -6.95. The van der Waals surface area contributed by atoms with Crippen LogP contribution in [0.5, 0.6) is 0 Å².